The predicted octanol–water partition coefficient (Wildman–Crippen LogP) is 7.83. The van der Waals surface area contributed by atoms with E-state index in [0.717, 1.165) is 36.9 Å². The van der Waals surface area contributed by atoms with Crippen molar-refractivity contribution >= 4 is 31.5 Å². The molecule has 1 nitrogen and oxygen atoms in total. The second-order valence-electron chi connectivity index (χ2n) is 7.51. The molecule has 0 radical (unpaired) electrons. The number of thiophene rings is 1. The first-order chi connectivity index (χ1) is 13.4. The number of hydrogen-bond donors (Lipinski definition) is 0. The van der Waals surface area contributed by atoms with Gasteiger partial charge in [-0.1, -0.05) is 30.7 Å². The van der Waals surface area contributed by atoms with Crippen LogP contribution in [0.2, 0.25) is 0 Å². The minimum absolute atomic E-state index is 0.0711. The number of ether oxygens (including phenoxy) is 1. The van der Waals surface area contributed by atoms with Gasteiger partial charge in [0.05, 0.1) is 9.40 Å². The molecule has 0 amide bonds. The summed E-state index contributed by atoms with van der Waals surface area (Å²) in [6.45, 7) is 3.45. The zero-order chi connectivity index (χ0) is 19.8. The highest BCUT2D eigenvalue weighted by Crippen LogP contribution is 2.41. The molecule has 0 aliphatic heterocycles. The summed E-state index contributed by atoms with van der Waals surface area (Å²) in [5.41, 5.74) is 1.92. The summed E-state index contributed by atoms with van der Waals surface area (Å²) >= 11 is 1.08. The molecule has 1 heterocycles. The van der Waals surface area contributed by atoms with Crippen LogP contribution in [0.25, 0.3) is 20.2 Å². The van der Waals surface area contributed by atoms with Crippen molar-refractivity contribution in [3.8, 4) is 5.75 Å². The van der Waals surface area contributed by atoms with Crippen LogP contribution < -0.4 is 4.74 Å². The van der Waals surface area contributed by atoms with Gasteiger partial charge in [0.15, 0.2) is 11.6 Å². The van der Waals surface area contributed by atoms with Gasteiger partial charge in [0.25, 0.3) is 0 Å². The minimum atomic E-state index is -0.596. The first-order valence-corrected chi connectivity index (χ1v) is 10.2. The Morgan fingerprint density at radius 3 is 2.54 bits per heavy atom. The first kappa shape index (κ1) is 19.1. The number of fused-ring (bicyclic) bond motifs is 3. The molecular weight excluding hydrogens is 381 g/mol. The molecule has 0 spiro atoms. The number of hydrogen-bond acceptors (Lipinski definition) is 2. The Bertz CT molecular complexity index is 1110. The lowest BCUT2D eigenvalue weighted by atomic mass is 9.88. The summed E-state index contributed by atoms with van der Waals surface area (Å²) in [5, 5.41) is 1.33. The Balaban J connectivity index is 1.75. The fourth-order valence-electron chi connectivity index (χ4n) is 3.66. The van der Waals surface area contributed by atoms with E-state index in [2.05, 4.69) is 13.0 Å². The Kier molecular flexibility index (Phi) is 5.19. The molecule has 1 atom stereocenters. The fraction of sp³-hybridized carbons (Fsp3) is 0.304. The maximum atomic E-state index is 15.2. The molecule has 0 bridgehead atoms. The lowest BCUT2D eigenvalue weighted by Gasteiger charge is -2.18. The molecular formula is C23H21F3OS. The van der Waals surface area contributed by atoms with E-state index in [9.17, 15) is 8.78 Å². The maximum absolute atomic E-state index is 15.2. The van der Waals surface area contributed by atoms with Crippen LogP contribution in [0.1, 0.15) is 38.7 Å². The van der Waals surface area contributed by atoms with Crippen molar-refractivity contribution in [2.45, 2.75) is 39.5 Å². The highest BCUT2D eigenvalue weighted by molar-refractivity contribution is 7.25. The van der Waals surface area contributed by atoms with E-state index in [0.29, 0.717) is 38.1 Å². The third-order valence-corrected chi connectivity index (χ3v) is 6.47. The van der Waals surface area contributed by atoms with Gasteiger partial charge in [0, 0.05) is 10.8 Å². The predicted molar refractivity (Wildman–Crippen MR) is 110 cm³/mol. The van der Waals surface area contributed by atoms with Crippen molar-refractivity contribution in [2.24, 2.45) is 5.92 Å². The summed E-state index contributed by atoms with van der Waals surface area (Å²) in [5.74, 6) is -0.814. The van der Waals surface area contributed by atoms with Gasteiger partial charge in [-0.25, -0.2) is 13.2 Å². The monoisotopic (exact) mass is 402 g/mol. The summed E-state index contributed by atoms with van der Waals surface area (Å²) in [6.07, 6.45) is 6.87. The molecule has 0 N–H and O–H groups in total. The lowest BCUT2D eigenvalue weighted by Crippen LogP contribution is -2.04. The van der Waals surface area contributed by atoms with E-state index in [-0.39, 0.29) is 11.6 Å². The fourth-order valence-corrected chi connectivity index (χ4v) is 4.85. The third-order valence-electron chi connectivity index (χ3n) is 5.27. The molecule has 1 aromatic heterocycles. The molecule has 146 valence electrons. The average molecular weight is 402 g/mol. The van der Waals surface area contributed by atoms with Crippen LogP contribution in [0.5, 0.6) is 5.75 Å². The second-order valence-corrected chi connectivity index (χ2v) is 8.53. The van der Waals surface area contributed by atoms with Crippen LogP contribution in [0.3, 0.4) is 0 Å². The van der Waals surface area contributed by atoms with E-state index in [1.54, 1.807) is 12.1 Å². The Morgan fingerprint density at radius 1 is 1.14 bits per heavy atom. The lowest BCUT2D eigenvalue weighted by molar-refractivity contribution is 0.424. The van der Waals surface area contributed by atoms with Crippen LogP contribution >= 0.6 is 11.3 Å². The van der Waals surface area contributed by atoms with E-state index >= 15 is 4.39 Å². The molecule has 4 rings (SSSR count). The Hall–Kier alpha value is -2.27. The maximum Gasteiger partial charge on any atom is 0.183 e. The van der Waals surface area contributed by atoms with Crippen LogP contribution in [0, 0.1) is 17.6 Å². The minimum Gasteiger partial charge on any atom is -0.459 e. The topological polar surface area (TPSA) is 9.23 Å². The van der Waals surface area contributed by atoms with E-state index in [1.165, 1.54) is 18.6 Å². The molecule has 3 aromatic rings. The number of rotatable bonds is 4. The Labute approximate surface area is 166 Å². The van der Waals surface area contributed by atoms with E-state index < -0.39 is 11.6 Å². The van der Waals surface area contributed by atoms with Crippen molar-refractivity contribution in [3.05, 3.63) is 65.2 Å². The van der Waals surface area contributed by atoms with Crippen LogP contribution in [-0.2, 0) is 6.42 Å². The van der Waals surface area contributed by atoms with Crippen molar-refractivity contribution in [1.82, 2.24) is 0 Å². The third kappa shape index (κ3) is 3.55. The zero-order valence-corrected chi connectivity index (χ0v) is 16.6. The molecule has 5 heteroatoms. The molecule has 28 heavy (non-hydrogen) atoms. The van der Waals surface area contributed by atoms with E-state index in [4.69, 9.17) is 4.74 Å². The SMILES string of the molecule is C/C(F)=C/Oc1ccc2c(sc3c(F)c(CC4=CCC(C)CC4)ccc32)c1F. The molecule has 1 aliphatic carbocycles. The van der Waals surface area contributed by atoms with Crippen LogP contribution in [0.4, 0.5) is 13.2 Å². The largest absolute Gasteiger partial charge is 0.459 e. The normalized spacial score (nSPS) is 18.0. The molecule has 0 saturated carbocycles. The van der Waals surface area contributed by atoms with E-state index in [1.807, 2.05) is 6.07 Å². The standard InChI is InChI=1S/C23H21F3OS/c1-13-3-5-15(6-4-13)11-16-7-8-17-18-9-10-19(27-12-14(2)24)21(26)23(18)28-22(17)20(16)25/h5,7-10,12-13H,3-4,6,11H2,1-2H3/b14-12-. The van der Waals surface area contributed by atoms with Crippen molar-refractivity contribution < 1.29 is 17.9 Å². The smallest absolute Gasteiger partial charge is 0.183 e. The van der Waals surface area contributed by atoms with Crippen LogP contribution in [-0.4, -0.2) is 0 Å². The molecule has 1 aliphatic rings. The molecule has 0 saturated heterocycles. The Morgan fingerprint density at radius 2 is 1.86 bits per heavy atom. The molecule has 0 fully saturated rings. The number of allylic oxidation sites excluding steroid dienone is 3. The van der Waals surface area contributed by atoms with Gasteiger partial charge in [-0.05, 0) is 56.2 Å². The summed E-state index contributed by atoms with van der Waals surface area (Å²) < 4.78 is 48.7. The van der Waals surface area contributed by atoms with Gasteiger partial charge < -0.3 is 4.74 Å². The van der Waals surface area contributed by atoms with Gasteiger partial charge in [-0.3, -0.25) is 0 Å². The van der Waals surface area contributed by atoms with Gasteiger partial charge in [-0.2, -0.15) is 0 Å². The van der Waals surface area contributed by atoms with Gasteiger partial charge >= 0.3 is 0 Å². The molecule has 1 unspecified atom stereocenters. The summed E-state index contributed by atoms with van der Waals surface area (Å²) in [6, 6.07) is 6.81. The summed E-state index contributed by atoms with van der Waals surface area (Å²) in [7, 11) is 0. The van der Waals surface area contributed by atoms with Gasteiger partial charge in [0.1, 0.15) is 17.9 Å². The average Bonchev–Trinajstić information content (AvgIpc) is 3.05. The molecule has 2 aromatic carbocycles. The summed E-state index contributed by atoms with van der Waals surface area (Å²) in [4.78, 5) is 0. The van der Waals surface area contributed by atoms with Gasteiger partial charge in [-0.15, -0.1) is 11.3 Å². The first-order valence-electron chi connectivity index (χ1n) is 9.43. The highest BCUT2D eigenvalue weighted by atomic mass is 32.1. The zero-order valence-electron chi connectivity index (χ0n) is 15.8. The van der Waals surface area contributed by atoms with Crippen LogP contribution in [0.15, 0.2) is 48.0 Å². The quantitative estimate of drug-likeness (QED) is 0.319. The van der Waals surface area contributed by atoms with Crippen molar-refractivity contribution in [1.29, 1.82) is 0 Å². The van der Waals surface area contributed by atoms with Crippen molar-refractivity contribution in [2.75, 3.05) is 0 Å². The second kappa shape index (κ2) is 7.63. The number of benzene rings is 2. The highest BCUT2D eigenvalue weighted by Gasteiger charge is 2.19. The van der Waals surface area contributed by atoms with Gasteiger partial charge in [0.2, 0.25) is 0 Å². The number of halogens is 3. The van der Waals surface area contributed by atoms with Crippen molar-refractivity contribution in [3.63, 3.8) is 0 Å².